The van der Waals surface area contributed by atoms with E-state index in [0.29, 0.717) is 5.92 Å². The van der Waals surface area contributed by atoms with Crippen LogP contribution in [-0.4, -0.2) is 36.9 Å². The summed E-state index contributed by atoms with van der Waals surface area (Å²) >= 11 is 0. The second-order valence-electron chi connectivity index (χ2n) is 5.66. The Morgan fingerprint density at radius 3 is 2.25 bits per heavy atom. The Bertz CT molecular complexity index is 231. The Hall–Kier alpha value is -0.610. The van der Waals surface area contributed by atoms with Gasteiger partial charge in [-0.25, -0.2) is 4.79 Å². The highest BCUT2D eigenvalue weighted by Crippen LogP contribution is 2.24. The van der Waals surface area contributed by atoms with E-state index >= 15 is 0 Å². The number of rotatable bonds is 5. The molecular formula is C12H25NO3. The Morgan fingerprint density at radius 2 is 1.88 bits per heavy atom. The lowest BCUT2D eigenvalue weighted by atomic mass is 9.82. The van der Waals surface area contributed by atoms with Gasteiger partial charge in [0, 0.05) is 6.54 Å². The minimum Gasteiger partial charge on any atom is -0.467 e. The predicted molar refractivity (Wildman–Crippen MR) is 64.1 cm³/mol. The molecule has 2 atom stereocenters. The zero-order valence-corrected chi connectivity index (χ0v) is 11.3. The van der Waals surface area contributed by atoms with Crippen LogP contribution in [0.15, 0.2) is 0 Å². The van der Waals surface area contributed by atoms with Gasteiger partial charge in [-0.15, -0.1) is 0 Å². The first-order chi connectivity index (χ1) is 7.11. The summed E-state index contributed by atoms with van der Waals surface area (Å²) in [6.45, 7) is 11.1. The fraction of sp³-hybridized carbons (Fsp3) is 0.917. The second kappa shape index (κ2) is 5.64. The number of esters is 1. The van der Waals surface area contributed by atoms with Crippen LogP contribution < -0.4 is 5.32 Å². The normalized spacial score (nSPS) is 17.7. The van der Waals surface area contributed by atoms with Gasteiger partial charge in [0.05, 0.1) is 7.11 Å². The molecule has 4 nitrogen and oxygen atoms in total. The van der Waals surface area contributed by atoms with E-state index in [-0.39, 0.29) is 12.0 Å². The maximum absolute atomic E-state index is 11.2. The van der Waals surface area contributed by atoms with Gasteiger partial charge in [0.1, 0.15) is 0 Å². The Balaban J connectivity index is 4.04. The molecule has 2 unspecified atom stereocenters. The summed E-state index contributed by atoms with van der Waals surface area (Å²) in [5.74, 6) is -0.149. The minimum absolute atomic E-state index is 0.208. The lowest BCUT2D eigenvalue weighted by Gasteiger charge is -2.29. The van der Waals surface area contributed by atoms with Crippen LogP contribution in [0.25, 0.3) is 0 Å². The highest BCUT2D eigenvalue weighted by Gasteiger charge is 2.31. The molecule has 0 aliphatic carbocycles. The molecule has 0 fully saturated rings. The SMILES string of the molecule is COC(=O)C(C)(O)CNCC(C)C(C)(C)C. The molecule has 0 saturated heterocycles. The molecule has 16 heavy (non-hydrogen) atoms. The van der Waals surface area contributed by atoms with Crippen LogP contribution in [0.1, 0.15) is 34.6 Å². The van der Waals surface area contributed by atoms with Crippen LogP contribution >= 0.6 is 0 Å². The molecule has 0 heterocycles. The van der Waals surface area contributed by atoms with Crippen molar-refractivity contribution in [2.75, 3.05) is 20.2 Å². The van der Waals surface area contributed by atoms with Crippen LogP contribution in [0.3, 0.4) is 0 Å². The molecule has 0 rings (SSSR count). The number of hydrogen-bond acceptors (Lipinski definition) is 4. The van der Waals surface area contributed by atoms with Gasteiger partial charge in [0.15, 0.2) is 5.60 Å². The molecule has 0 amide bonds. The van der Waals surface area contributed by atoms with Gasteiger partial charge in [0.25, 0.3) is 0 Å². The number of carbonyl (C=O) groups excluding carboxylic acids is 1. The second-order valence-corrected chi connectivity index (χ2v) is 5.66. The number of carbonyl (C=O) groups is 1. The molecule has 2 N–H and O–H groups in total. The van der Waals surface area contributed by atoms with E-state index in [1.807, 2.05) is 0 Å². The van der Waals surface area contributed by atoms with Gasteiger partial charge < -0.3 is 15.2 Å². The largest absolute Gasteiger partial charge is 0.467 e. The van der Waals surface area contributed by atoms with Crippen LogP contribution in [0.5, 0.6) is 0 Å². The number of hydrogen-bond donors (Lipinski definition) is 2. The van der Waals surface area contributed by atoms with Crippen LogP contribution in [0, 0.1) is 11.3 Å². The molecule has 0 bridgehead atoms. The van der Waals surface area contributed by atoms with Gasteiger partial charge >= 0.3 is 5.97 Å². The smallest absolute Gasteiger partial charge is 0.338 e. The molecule has 96 valence electrons. The molecular weight excluding hydrogens is 206 g/mol. The molecule has 0 radical (unpaired) electrons. The lowest BCUT2D eigenvalue weighted by Crippen LogP contribution is -2.47. The van der Waals surface area contributed by atoms with Crippen molar-refractivity contribution in [1.29, 1.82) is 0 Å². The molecule has 0 spiro atoms. The number of methoxy groups -OCH3 is 1. The first kappa shape index (κ1) is 15.4. The average Bonchev–Trinajstić information content (AvgIpc) is 2.14. The summed E-state index contributed by atoms with van der Waals surface area (Å²) in [5, 5.41) is 12.9. The lowest BCUT2D eigenvalue weighted by molar-refractivity contribution is -0.159. The predicted octanol–water partition coefficient (Wildman–Crippen LogP) is 1.18. The van der Waals surface area contributed by atoms with Crippen molar-refractivity contribution in [2.24, 2.45) is 11.3 Å². The third-order valence-corrected chi connectivity index (χ3v) is 3.02. The fourth-order valence-corrected chi connectivity index (χ4v) is 1.13. The zero-order chi connectivity index (χ0) is 13.0. The highest BCUT2D eigenvalue weighted by atomic mass is 16.5. The van der Waals surface area contributed by atoms with Gasteiger partial charge in [0.2, 0.25) is 0 Å². The quantitative estimate of drug-likeness (QED) is 0.698. The molecule has 0 aliphatic rings. The van der Waals surface area contributed by atoms with E-state index < -0.39 is 11.6 Å². The Morgan fingerprint density at radius 1 is 1.38 bits per heavy atom. The molecule has 0 aliphatic heterocycles. The van der Waals surface area contributed by atoms with E-state index in [1.165, 1.54) is 14.0 Å². The standard InChI is InChI=1S/C12H25NO3/c1-9(11(2,3)4)7-13-8-12(5,15)10(14)16-6/h9,13,15H,7-8H2,1-6H3. The third-order valence-electron chi connectivity index (χ3n) is 3.02. The van der Waals surface area contributed by atoms with E-state index in [0.717, 1.165) is 6.54 Å². The molecule has 0 aromatic rings. The van der Waals surface area contributed by atoms with E-state index in [9.17, 15) is 9.90 Å². The van der Waals surface area contributed by atoms with Crippen LogP contribution in [-0.2, 0) is 9.53 Å². The van der Waals surface area contributed by atoms with Gasteiger partial charge in [-0.05, 0) is 24.8 Å². The molecule has 0 aromatic carbocycles. The first-order valence-electron chi connectivity index (χ1n) is 5.63. The monoisotopic (exact) mass is 231 g/mol. The van der Waals surface area contributed by atoms with Crippen LogP contribution in [0.2, 0.25) is 0 Å². The Labute approximate surface area is 98.4 Å². The highest BCUT2D eigenvalue weighted by molar-refractivity contribution is 5.78. The summed E-state index contributed by atoms with van der Waals surface area (Å²) in [7, 11) is 1.27. The third kappa shape index (κ3) is 4.94. The molecule has 0 saturated carbocycles. The summed E-state index contributed by atoms with van der Waals surface area (Å²) < 4.78 is 4.51. The summed E-state index contributed by atoms with van der Waals surface area (Å²) in [6.07, 6.45) is 0. The van der Waals surface area contributed by atoms with Crippen molar-refractivity contribution in [3.63, 3.8) is 0 Å². The van der Waals surface area contributed by atoms with Crippen molar-refractivity contribution in [3.8, 4) is 0 Å². The topological polar surface area (TPSA) is 58.6 Å². The molecule has 0 aromatic heterocycles. The van der Waals surface area contributed by atoms with E-state index in [1.54, 1.807) is 0 Å². The van der Waals surface area contributed by atoms with Crippen molar-refractivity contribution < 1.29 is 14.6 Å². The van der Waals surface area contributed by atoms with Crippen molar-refractivity contribution in [1.82, 2.24) is 5.32 Å². The van der Waals surface area contributed by atoms with Crippen molar-refractivity contribution in [2.45, 2.75) is 40.2 Å². The summed E-state index contributed by atoms with van der Waals surface area (Å²) in [6, 6.07) is 0. The van der Waals surface area contributed by atoms with Gasteiger partial charge in [-0.2, -0.15) is 0 Å². The van der Waals surface area contributed by atoms with Crippen molar-refractivity contribution >= 4 is 5.97 Å². The number of ether oxygens (including phenoxy) is 1. The fourth-order valence-electron chi connectivity index (χ4n) is 1.13. The number of nitrogens with one attached hydrogen (secondary N) is 1. The minimum atomic E-state index is -1.45. The summed E-state index contributed by atoms with van der Waals surface area (Å²) in [5.41, 5.74) is -1.24. The van der Waals surface area contributed by atoms with Gasteiger partial charge in [-0.3, -0.25) is 0 Å². The van der Waals surface area contributed by atoms with E-state index in [4.69, 9.17) is 0 Å². The maximum Gasteiger partial charge on any atom is 0.338 e. The first-order valence-corrected chi connectivity index (χ1v) is 5.63. The zero-order valence-electron chi connectivity index (χ0n) is 11.3. The summed E-state index contributed by atoms with van der Waals surface area (Å²) in [4.78, 5) is 11.2. The van der Waals surface area contributed by atoms with Crippen molar-refractivity contribution in [3.05, 3.63) is 0 Å². The van der Waals surface area contributed by atoms with Crippen LogP contribution in [0.4, 0.5) is 0 Å². The van der Waals surface area contributed by atoms with Gasteiger partial charge in [-0.1, -0.05) is 27.7 Å². The van der Waals surface area contributed by atoms with E-state index in [2.05, 4.69) is 37.7 Å². The Kier molecular flexibility index (Phi) is 5.42. The average molecular weight is 231 g/mol. The number of aliphatic hydroxyl groups is 1. The maximum atomic E-state index is 11.2. The molecule has 4 heteroatoms.